The fraction of sp³-hybridized carbons (Fsp3) is 0.462. The minimum Gasteiger partial charge on any atom is -0.394 e. The minimum absolute atomic E-state index is 0.129. The van der Waals surface area contributed by atoms with Crippen LogP contribution < -0.4 is 5.32 Å². The predicted octanol–water partition coefficient (Wildman–Crippen LogP) is 1.84. The van der Waals surface area contributed by atoms with E-state index in [1.165, 1.54) is 11.1 Å². The van der Waals surface area contributed by atoms with Gasteiger partial charge in [0.15, 0.2) is 0 Å². The van der Waals surface area contributed by atoms with E-state index < -0.39 is 0 Å². The minimum atomic E-state index is 0.129. The standard InChI is InChI=1S/C13H19N3OS/c1-10-13(11(2)16(15-10)4-5-17)8-14-7-12-3-6-18-9-12/h3,6,9,14,17H,4-5,7-8H2,1-2H3. The van der Waals surface area contributed by atoms with Gasteiger partial charge in [0, 0.05) is 24.3 Å². The monoisotopic (exact) mass is 265 g/mol. The van der Waals surface area contributed by atoms with E-state index >= 15 is 0 Å². The molecule has 18 heavy (non-hydrogen) atoms. The summed E-state index contributed by atoms with van der Waals surface area (Å²) in [5.74, 6) is 0. The maximum atomic E-state index is 8.97. The number of aliphatic hydroxyl groups excluding tert-OH is 1. The average molecular weight is 265 g/mol. The van der Waals surface area contributed by atoms with E-state index in [0.29, 0.717) is 6.54 Å². The molecule has 4 nitrogen and oxygen atoms in total. The summed E-state index contributed by atoms with van der Waals surface area (Å²) in [6.07, 6.45) is 0. The van der Waals surface area contributed by atoms with Crippen molar-refractivity contribution in [2.45, 2.75) is 33.5 Å². The van der Waals surface area contributed by atoms with E-state index in [2.05, 4.69) is 34.2 Å². The van der Waals surface area contributed by atoms with Gasteiger partial charge in [0.25, 0.3) is 0 Å². The predicted molar refractivity (Wildman–Crippen MR) is 73.6 cm³/mol. The van der Waals surface area contributed by atoms with Gasteiger partial charge in [0.2, 0.25) is 0 Å². The van der Waals surface area contributed by atoms with Crippen molar-refractivity contribution >= 4 is 11.3 Å². The summed E-state index contributed by atoms with van der Waals surface area (Å²) < 4.78 is 1.87. The molecule has 0 radical (unpaired) electrons. The molecule has 0 saturated heterocycles. The van der Waals surface area contributed by atoms with Crippen LogP contribution in [0.5, 0.6) is 0 Å². The van der Waals surface area contributed by atoms with Gasteiger partial charge in [0.05, 0.1) is 18.8 Å². The van der Waals surface area contributed by atoms with Crippen molar-refractivity contribution in [3.63, 3.8) is 0 Å². The third-order valence-corrected chi connectivity index (χ3v) is 3.79. The Balaban J connectivity index is 1.96. The zero-order chi connectivity index (χ0) is 13.0. The van der Waals surface area contributed by atoms with Crippen molar-refractivity contribution in [1.82, 2.24) is 15.1 Å². The summed E-state index contributed by atoms with van der Waals surface area (Å²) in [4.78, 5) is 0. The Labute approximate surface area is 111 Å². The first-order valence-corrected chi connectivity index (χ1v) is 7.02. The first-order valence-electron chi connectivity index (χ1n) is 6.08. The van der Waals surface area contributed by atoms with Crippen molar-refractivity contribution in [2.75, 3.05) is 6.61 Å². The zero-order valence-corrected chi connectivity index (χ0v) is 11.6. The summed E-state index contributed by atoms with van der Waals surface area (Å²) in [6.45, 7) is 6.47. The van der Waals surface area contributed by atoms with Gasteiger partial charge in [-0.1, -0.05) is 0 Å². The molecular formula is C13H19N3OS. The number of aliphatic hydroxyl groups is 1. The van der Waals surface area contributed by atoms with Gasteiger partial charge in [-0.25, -0.2) is 0 Å². The van der Waals surface area contributed by atoms with Crippen LogP contribution in [0.15, 0.2) is 16.8 Å². The van der Waals surface area contributed by atoms with Crippen LogP contribution >= 0.6 is 11.3 Å². The molecule has 0 aromatic carbocycles. The molecule has 2 aromatic heterocycles. The van der Waals surface area contributed by atoms with E-state index in [4.69, 9.17) is 5.11 Å². The van der Waals surface area contributed by atoms with Crippen LogP contribution in [0, 0.1) is 13.8 Å². The first-order chi connectivity index (χ1) is 8.72. The Kier molecular flexibility index (Phi) is 4.52. The lowest BCUT2D eigenvalue weighted by Gasteiger charge is -2.05. The number of rotatable bonds is 6. The molecule has 0 bridgehead atoms. The van der Waals surface area contributed by atoms with Gasteiger partial charge in [-0.3, -0.25) is 4.68 Å². The number of hydrogen-bond acceptors (Lipinski definition) is 4. The number of aromatic nitrogens is 2. The van der Waals surface area contributed by atoms with E-state index in [1.54, 1.807) is 11.3 Å². The van der Waals surface area contributed by atoms with Crippen molar-refractivity contribution in [2.24, 2.45) is 0 Å². The van der Waals surface area contributed by atoms with Gasteiger partial charge < -0.3 is 10.4 Å². The normalized spacial score (nSPS) is 11.1. The highest BCUT2D eigenvalue weighted by atomic mass is 32.1. The topological polar surface area (TPSA) is 50.1 Å². The van der Waals surface area contributed by atoms with Crippen molar-refractivity contribution < 1.29 is 5.11 Å². The van der Waals surface area contributed by atoms with Gasteiger partial charge in [0.1, 0.15) is 0 Å². The highest BCUT2D eigenvalue weighted by Crippen LogP contribution is 2.13. The third-order valence-electron chi connectivity index (χ3n) is 3.05. The summed E-state index contributed by atoms with van der Waals surface area (Å²) in [5.41, 5.74) is 4.73. The molecule has 0 saturated carbocycles. The molecule has 98 valence electrons. The fourth-order valence-electron chi connectivity index (χ4n) is 2.03. The first kappa shape index (κ1) is 13.3. The van der Waals surface area contributed by atoms with Crippen LogP contribution in [0.4, 0.5) is 0 Å². The number of aryl methyl sites for hydroxylation is 1. The lowest BCUT2D eigenvalue weighted by atomic mass is 10.2. The molecule has 0 unspecified atom stereocenters. The second-order valence-electron chi connectivity index (χ2n) is 4.33. The Morgan fingerprint density at radius 1 is 1.39 bits per heavy atom. The SMILES string of the molecule is Cc1nn(CCO)c(C)c1CNCc1ccsc1. The smallest absolute Gasteiger partial charge is 0.0644 e. The van der Waals surface area contributed by atoms with Crippen LogP contribution in [0.1, 0.15) is 22.5 Å². The number of nitrogens with zero attached hydrogens (tertiary/aromatic N) is 2. The van der Waals surface area contributed by atoms with Crippen LogP contribution in [0.25, 0.3) is 0 Å². The number of nitrogens with one attached hydrogen (secondary N) is 1. The summed E-state index contributed by atoms with van der Waals surface area (Å²) in [6, 6.07) is 2.13. The lowest BCUT2D eigenvalue weighted by Crippen LogP contribution is -2.13. The molecule has 0 aliphatic carbocycles. The molecule has 0 fully saturated rings. The molecule has 2 N–H and O–H groups in total. The van der Waals surface area contributed by atoms with Crippen molar-refractivity contribution in [1.29, 1.82) is 0 Å². The van der Waals surface area contributed by atoms with Gasteiger partial charge >= 0.3 is 0 Å². The van der Waals surface area contributed by atoms with E-state index in [-0.39, 0.29) is 6.61 Å². The fourth-order valence-corrected chi connectivity index (χ4v) is 2.70. The molecule has 0 aliphatic rings. The Morgan fingerprint density at radius 2 is 2.22 bits per heavy atom. The van der Waals surface area contributed by atoms with Gasteiger partial charge in [-0.05, 0) is 36.2 Å². The van der Waals surface area contributed by atoms with Crippen LogP contribution in [0.3, 0.4) is 0 Å². The Morgan fingerprint density at radius 3 is 2.89 bits per heavy atom. The van der Waals surface area contributed by atoms with E-state index in [0.717, 1.165) is 24.5 Å². The summed E-state index contributed by atoms with van der Waals surface area (Å²) in [5, 5.41) is 21.1. The highest BCUT2D eigenvalue weighted by Gasteiger charge is 2.10. The average Bonchev–Trinajstić information content (AvgIpc) is 2.93. The highest BCUT2D eigenvalue weighted by molar-refractivity contribution is 7.07. The zero-order valence-electron chi connectivity index (χ0n) is 10.8. The van der Waals surface area contributed by atoms with E-state index in [1.807, 2.05) is 11.6 Å². The maximum absolute atomic E-state index is 8.97. The van der Waals surface area contributed by atoms with Crippen molar-refractivity contribution in [3.05, 3.63) is 39.3 Å². The van der Waals surface area contributed by atoms with Crippen LogP contribution in [0.2, 0.25) is 0 Å². The molecule has 0 atom stereocenters. The van der Waals surface area contributed by atoms with Crippen LogP contribution in [-0.2, 0) is 19.6 Å². The van der Waals surface area contributed by atoms with Gasteiger partial charge in [-0.15, -0.1) is 0 Å². The molecular weight excluding hydrogens is 246 g/mol. The van der Waals surface area contributed by atoms with E-state index in [9.17, 15) is 0 Å². The summed E-state index contributed by atoms with van der Waals surface area (Å²) >= 11 is 1.72. The van der Waals surface area contributed by atoms with Crippen LogP contribution in [-0.4, -0.2) is 21.5 Å². The third kappa shape index (κ3) is 2.98. The molecule has 0 spiro atoms. The van der Waals surface area contributed by atoms with Crippen molar-refractivity contribution in [3.8, 4) is 0 Å². The second kappa shape index (κ2) is 6.13. The molecule has 5 heteroatoms. The number of hydrogen-bond donors (Lipinski definition) is 2. The molecule has 0 amide bonds. The second-order valence-corrected chi connectivity index (χ2v) is 5.11. The lowest BCUT2D eigenvalue weighted by molar-refractivity contribution is 0.267. The molecule has 2 aromatic rings. The Hall–Kier alpha value is -1.17. The largest absolute Gasteiger partial charge is 0.394 e. The quantitative estimate of drug-likeness (QED) is 0.838. The molecule has 0 aliphatic heterocycles. The number of thiophene rings is 1. The molecule has 2 rings (SSSR count). The summed E-state index contributed by atoms with van der Waals surface area (Å²) in [7, 11) is 0. The maximum Gasteiger partial charge on any atom is 0.0644 e. The molecule has 2 heterocycles. The Bertz CT molecular complexity index is 491. The van der Waals surface area contributed by atoms with Gasteiger partial charge in [-0.2, -0.15) is 16.4 Å².